The molecule has 2 aromatic rings. The minimum atomic E-state index is -0.529. The van der Waals surface area contributed by atoms with E-state index in [1.54, 1.807) is 4.90 Å². The number of cyclic esters (lactones) is 1. The van der Waals surface area contributed by atoms with Crippen LogP contribution >= 0.6 is 0 Å². The van der Waals surface area contributed by atoms with Gasteiger partial charge in [-0.2, -0.15) is 0 Å². The summed E-state index contributed by atoms with van der Waals surface area (Å²) in [5.74, 6) is 0. The smallest absolute Gasteiger partial charge is 0.414 e. The van der Waals surface area contributed by atoms with Crippen LogP contribution in [0.1, 0.15) is 36.8 Å². The first-order chi connectivity index (χ1) is 14.7. The Labute approximate surface area is 176 Å². The molecule has 156 valence electrons. The quantitative estimate of drug-likeness (QED) is 0.741. The summed E-state index contributed by atoms with van der Waals surface area (Å²) < 4.78 is 10.6. The van der Waals surface area contributed by atoms with Gasteiger partial charge in [0.2, 0.25) is 0 Å². The first kappa shape index (κ1) is 20.0. The highest BCUT2D eigenvalue weighted by Crippen LogP contribution is 2.29. The van der Waals surface area contributed by atoms with Gasteiger partial charge in [0.25, 0.3) is 0 Å². The summed E-state index contributed by atoms with van der Waals surface area (Å²) in [4.78, 5) is 25.8. The maximum absolute atomic E-state index is 12.3. The zero-order valence-electron chi connectivity index (χ0n) is 16.9. The highest BCUT2D eigenvalue weighted by Gasteiger charge is 2.32. The Balaban J connectivity index is 1.26. The Bertz CT molecular complexity index is 909. The van der Waals surface area contributed by atoms with E-state index in [0.29, 0.717) is 6.54 Å². The number of carbonyl (C=O) groups is 2. The first-order valence-corrected chi connectivity index (χ1v) is 10.4. The number of carbonyl (C=O) groups excluding carboxylic acids is 2. The van der Waals surface area contributed by atoms with Crippen LogP contribution in [-0.2, 0) is 16.1 Å². The molecule has 1 heterocycles. The molecule has 1 atom stereocenters. The van der Waals surface area contributed by atoms with Crippen molar-refractivity contribution in [2.45, 2.75) is 38.4 Å². The molecule has 2 aromatic carbocycles. The number of benzene rings is 2. The van der Waals surface area contributed by atoms with Gasteiger partial charge in [-0.25, -0.2) is 9.59 Å². The van der Waals surface area contributed by atoms with E-state index in [9.17, 15) is 9.59 Å². The van der Waals surface area contributed by atoms with Crippen molar-refractivity contribution in [3.05, 3.63) is 71.8 Å². The number of allylic oxidation sites excluding steroid dienone is 2. The van der Waals surface area contributed by atoms with E-state index in [4.69, 9.17) is 9.47 Å². The Kier molecular flexibility index (Phi) is 6.32. The van der Waals surface area contributed by atoms with E-state index in [1.165, 1.54) is 24.0 Å². The summed E-state index contributed by atoms with van der Waals surface area (Å²) in [6.45, 7) is 0.798. The summed E-state index contributed by atoms with van der Waals surface area (Å²) in [7, 11) is 0. The average Bonchev–Trinajstić information content (AvgIpc) is 3.18. The number of amides is 2. The fourth-order valence-electron chi connectivity index (χ4n) is 3.77. The lowest BCUT2D eigenvalue weighted by Crippen LogP contribution is -2.34. The van der Waals surface area contributed by atoms with Crippen molar-refractivity contribution in [2.24, 2.45) is 0 Å². The van der Waals surface area contributed by atoms with Crippen LogP contribution in [0.15, 0.2) is 60.7 Å². The maximum Gasteiger partial charge on any atom is 0.414 e. The maximum atomic E-state index is 12.3. The summed E-state index contributed by atoms with van der Waals surface area (Å²) >= 11 is 0. The van der Waals surface area contributed by atoms with Gasteiger partial charge in [0.15, 0.2) is 0 Å². The molecule has 1 fully saturated rings. The van der Waals surface area contributed by atoms with Crippen molar-refractivity contribution in [1.82, 2.24) is 5.32 Å². The molecule has 0 saturated carbocycles. The van der Waals surface area contributed by atoms with Gasteiger partial charge in [-0.05, 0) is 54.5 Å². The van der Waals surface area contributed by atoms with Gasteiger partial charge < -0.3 is 14.8 Å². The minimum Gasteiger partial charge on any atom is -0.445 e. The highest BCUT2D eigenvalue weighted by molar-refractivity contribution is 5.90. The molecule has 6 nitrogen and oxygen atoms in total. The Morgan fingerprint density at radius 2 is 1.90 bits per heavy atom. The molecule has 2 amide bonds. The van der Waals surface area contributed by atoms with Crippen LogP contribution in [0.4, 0.5) is 15.3 Å². The molecule has 0 unspecified atom stereocenters. The molecule has 1 saturated heterocycles. The molecule has 0 aromatic heterocycles. The van der Waals surface area contributed by atoms with Crippen LogP contribution in [0.25, 0.3) is 5.57 Å². The zero-order valence-corrected chi connectivity index (χ0v) is 16.9. The number of alkyl carbamates (subject to hydrolysis) is 1. The van der Waals surface area contributed by atoms with Crippen LogP contribution in [0.2, 0.25) is 0 Å². The van der Waals surface area contributed by atoms with Gasteiger partial charge in [-0.3, -0.25) is 4.90 Å². The standard InChI is InChI=1S/C24H26N2O4/c27-23(29-17-18-7-3-1-4-8-18)25-15-22-16-26(24(28)30-22)21-13-11-20(12-14-21)19-9-5-2-6-10-19/h1,3-4,7-9,11-14,22H,2,5-6,10,15-17H2,(H,25,27)/t22-/m0/s1. The van der Waals surface area contributed by atoms with Gasteiger partial charge >= 0.3 is 12.2 Å². The van der Waals surface area contributed by atoms with Gasteiger partial charge in [0, 0.05) is 5.69 Å². The third-order valence-electron chi connectivity index (χ3n) is 5.40. The van der Waals surface area contributed by atoms with E-state index in [-0.39, 0.29) is 13.2 Å². The summed E-state index contributed by atoms with van der Waals surface area (Å²) in [5.41, 5.74) is 4.31. The number of ether oxygens (including phenoxy) is 2. The Morgan fingerprint density at radius 3 is 2.63 bits per heavy atom. The monoisotopic (exact) mass is 406 g/mol. The second-order valence-electron chi connectivity index (χ2n) is 7.58. The van der Waals surface area contributed by atoms with Gasteiger partial charge in [-0.15, -0.1) is 0 Å². The van der Waals surface area contributed by atoms with Crippen LogP contribution < -0.4 is 10.2 Å². The van der Waals surface area contributed by atoms with Gasteiger partial charge in [0.05, 0.1) is 13.1 Å². The molecule has 0 radical (unpaired) electrons. The number of rotatable bonds is 6. The van der Waals surface area contributed by atoms with Crippen molar-refractivity contribution in [3.8, 4) is 0 Å². The van der Waals surface area contributed by atoms with E-state index in [2.05, 4.69) is 23.5 Å². The lowest BCUT2D eigenvalue weighted by atomic mass is 9.93. The minimum absolute atomic E-state index is 0.200. The number of hydrogen-bond acceptors (Lipinski definition) is 4. The molecule has 2 aliphatic rings. The second kappa shape index (κ2) is 9.48. The normalized spacial score (nSPS) is 18.5. The summed E-state index contributed by atoms with van der Waals surface area (Å²) in [6, 6.07) is 17.5. The van der Waals surface area contributed by atoms with Crippen molar-refractivity contribution in [3.63, 3.8) is 0 Å². The molecule has 30 heavy (non-hydrogen) atoms. The van der Waals surface area contributed by atoms with E-state index >= 15 is 0 Å². The first-order valence-electron chi connectivity index (χ1n) is 10.4. The van der Waals surface area contributed by atoms with Crippen molar-refractivity contribution in [2.75, 3.05) is 18.0 Å². The van der Waals surface area contributed by atoms with E-state index in [0.717, 1.165) is 24.1 Å². The van der Waals surface area contributed by atoms with Crippen LogP contribution in [0.3, 0.4) is 0 Å². The topological polar surface area (TPSA) is 67.9 Å². The number of nitrogens with zero attached hydrogens (tertiary/aromatic N) is 1. The third-order valence-corrected chi connectivity index (χ3v) is 5.40. The van der Waals surface area contributed by atoms with Crippen molar-refractivity contribution in [1.29, 1.82) is 0 Å². The largest absolute Gasteiger partial charge is 0.445 e. The Morgan fingerprint density at radius 1 is 1.10 bits per heavy atom. The molecule has 0 spiro atoms. The molecule has 6 heteroatoms. The molecule has 4 rings (SSSR count). The zero-order chi connectivity index (χ0) is 20.8. The molecule has 0 bridgehead atoms. The predicted octanol–water partition coefficient (Wildman–Crippen LogP) is 4.90. The Hall–Kier alpha value is -3.28. The summed E-state index contributed by atoms with van der Waals surface area (Å²) in [6.07, 6.45) is 5.70. The second-order valence-corrected chi connectivity index (χ2v) is 7.58. The van der Waals surface area contributed by atoms with Crippen molar-refractivity contribution >= 4 is 23.4 Å². The molecule has 1 N–H and O–H groups in total. The third kappa shape index (κ3) is 5.00. The highest BCUT2D eigenvalue weighted by atomic mass is 16.6. The van der Waals surface area contributed by atoms with Gasteiger partial charge in [-0.1, -0.05) is 48.5 Å². The number of anilines is 1. The van der Waals surface area contributed by atoms with Crippen LogP contribution in [0, 0.1) is 0 Å². The van der Waals surface area contributed by atoms with E-state index < -0.39 is 18.3 Å². The van der Waals surface area contributed by atoms with Crippen LogP contribution in [-0.4, -0.2) is 31.4 Å². The molecule has 1 aliphatic carbocycles. The molecular weight excluding hydrogens is 380 g/mol. The summed E-state index contributed by atoms with van der Waals surface area (Å²) in [5, 5.41) is 2.67. The predicted molar refractivity (Wildman–Crippen MR) is 115 cm³/mol. The lowest BCUT2D eigenvalue weighted by molar-refractivity contribution is 0.121. The fourth-order valence-corrected chi connectivity index (χ4v) is 3.77. The molecular formula is C24H26N2O4. The van der Waals surface area contributed by atoms with Crippen LogP contribution in [0.5, 0.6) is 0 Å². The fraction of sp³-hybridized carbons (Fsp3) is 0.333. The van der Waals surface area contributed by atoms with Crippen molar-refractivity contribution < 1.29 is 19.1 Å². The SMILES string of the molecule is O=C(NC[C@H]1CN(c2ccc(C3=CCCCC3)cc2)C(=O)O1)OCc1ccccc1. The van der Waals surface area contributed by atoms with E-state index in [1.807, 2.05) is 42.5 Å². The number of hydrogen-bond donors (Lipinski definition) is 1. The molecule has 1 aliphatic heterocycles. The lowest BCUT2D eigenvalue weighted by Gasteiger charge is -2.16. The van der Waals surface area contributed by atoms with Gasteiger partial charge in [0.1, 0.15) is 12.7 Å². The average molecular weight is 406 g/mol. The number of nitrogens with one attached hydrogen (secondary N) is 1.